The molecule has 1 unspecified atom stereocenters. The first-order chi connectivity index (χ1) is 13.0. The van der Waals surface area contributed by atoms with Gasteiger partial charge in [-0.15, -0.1) is 0 Å². The maximum absolute atomic E-state index is 12.6. The number of rotatable bonds is 7. The third kappa shape index (κ3) is 3.89. The number of carbonyl (C=O) groups excluding carboxylic acids is 1. The maximum Gasteiger partial charge on any atom is 0.244 e. The van der Waals surface area contributed by atoms with E-state index in [0.717, 1.165) is 22.2 Å². The summed E-state index contributed by atoms with van der Waals surface area (Å²) in [6.45, 7) is 4.36. The van der Waals surface area contributed by atoms with Crippen LogP contribution in [0.3, 0.4) is 0 Å². The van der Waals surface area contributed by atoms with Crippen LogP contribution in [0.2, 0.25) is 0 Å². The van der Waals surface area contributed by atoms with Crippen molar-refractivity contribution in [3.8, 4) is 11.5 Å². The number of amides is 1. The van der Waals surface area contributed by atoms with Gasteiger partial charge in [-0.2, -0.15) is 5.10 Å². The molecule has 1 atom stereocenters. The van der Waals surface area contributed by atoms with Crippen molar-refractivity contribution in [2.75, 3.05) is 20.8 Å². The highest BCUT2D eigenvalue weighted by molar-refractivity contribution is 5.86. The van der Waals surface area contributed by atoms with Crippen LogP contribution >= 0.6 is 0 Å². The fourth-order valence-corrected chi connectivity index (χ4v) is 3.17. The van der Waals surface area contributed by atoms with Gasteiger partial charge in [0, 0.05) is 11.9 Å². The number of hydrogen-bond donors (Lipinski definition) is 1. The minimum absolute atomic E-state index is 0.0521. The van der Waals surface area contributed by atoms with Crippen molar-refractivity contribution in [3.63, 3.8) is 0 Å². The fourth-order valence-electron chi connectivity index (χ4n) is 3.17. The van der Waals surface area contributed by atoms with E-state index in [0.29, 0.717) is 24.5 Å². The molecule has 27 heavy (non-hydrogen) atoms. The van der Waals surface area contributed by atoms with Crippen LogP contribution in [0.4, 0.5) is 0 Å². The lowest BCUT2D eigenvalue weighted by atomic mass is 10.1. The molecular formula is C21H25N3O3. The van der Waals surface area contributed by atoms with Crippen LogP contribution in [-0.4, -0.2) is 36.5 Å². The summed E-state index contributed by atoms with van der Waals surface area (Å²) in [4.78, 5) is 12.6. The van der Waals surface area contributed by atoms with Crippen molar-refractivity contribution < 1.29 is 14.3 Å². The normalized spacial score (nSPS) is 12.0. The molecular weight excluding hydrogens is 342 g/mol. The molecule has 0 radical (unpaired) electrons. The zero-order valence-corrected chi connectivity index (χ0v) is 16.2. The summed E-state index contributed by atoms with van der Waals surface area (Å²) in [5, 5.41) is 8.61. The Morgan fingerprint density at radius 3 is 2.63 bits per heavy atom. The van der Waals surface area contributed by atoms with Gasteiger partial charge >= 0.3 is 0 Å². The quantitative estimate of drug-likeness (QED) is 0.696. The van der Waals surface area contributed by atoms with E-state index in [1.54, 1.807) is 18.9 Å². The second-order valence-corrected chi connectivity index (χ2v) is 6.45. The van der Waals surface area contributed by atoms with Crippen molar-refractivity contribution in [1.29, 1.82) is 0 Å². The summed E-state index contributed by atoms with van der Waals surface area (Å²) < 4.78 is 12.4. The average Bonchev–Trinajstić information content (AvgIpc) is 3.04. The molecule has 6 nitrogen and oxygen atoms in total. The lowest BCUT2D eigenvalue weighted by molar-refractivity contribution is -0.124. The Hall–Kier alpha value is -3.02. The highest BCUT2D eigenvalue weighted by Crippen LogP contribution is 2.27. The van der Waals surface area contributed by atoms with Crippen LogP contribution in [0.1, 0.15) is 24.2 Å². The van der Waals surface area contributed by atoms with Gasteiger partial charge in [0.2, 0.25) is 5.91 Å². The number of hydrogen-bond acceptors (Lipinski definition) is 4. The zero-order chi connectivity index (χ0) is 19.4. The number of methoxy groups -OCH3 is 2. The van der Waals surface area contributed by atoms with Crippen molar-refractivity contribution in [2.24, 2.45) is 0 Å². The number of fused-ring (bicyclic) bond motifs is 1. The Kier molecular flexibility index (Phi) is 5.64. The Balaban J connectivity index is 1.64. The molecule has 3 rings (SSSR count). The van der Waals surface area contributed by atoms with Crippen LogP contribution in [0.5, 0.6) is 11.5 Å². The smallest absolute Gasteiger partial charge is 0.244 e. The molecule has 1 amide bonds. The fraction of sp³-hybridized carbons (Fsp3) is 0.333. The monoisotopic (exact) mass is 367 g/mol. The van der Waals surface area contributed by atoms with Gasteiger partial charge in [0.25, 0.3) is 0 Å². The number of carbonyl (C=O) groups is 1. The molecule has 1 aromatic heterocycles. The largest absolute Gasteiger partial charge is 0.493 e. The van der Waals surface area contributed by atoms with E-state index in [-0.39, 0.29) is 11.9 Å². The first kappa shape index (κ1) is 18.8. The highest BCUT2D eigenvalue weighted by atomic mass is 16.5. The SMILES string of the molecule is COc1ccc(CCNC(=O)C(C)n2nc(C)c3ccccc32)cc1OC. The number of ether oxygens (including phenoxy) is 2. The standard InChI is InChI=1S/C21H25N3O3/c1-14-17-7-5-6-8-18(17)24(23-14)15(2)21(25)22-12-11-16-9-10-19(26-3)20(13-16)27-4/h5-10,13,15H,11-12H2,1-4H3,(H,22,25). The number of nitrogens with zero attached hydrogens (tertiary/aromatic N) is 2. The average molecular weight is 367 g/mol. The van der Waals surface area contributed by atoms with Crippen LogP contribution < -0.4 is 14.8 Å². The Bertz CT molecular complexity index is 949. The molecule has 0 fully saturated rings. The van der Waals surface area contributed by atoms with Gasteiger partial charge < -0.3 is 14.8 Å². The van der Waals surface area contributed by atoms with E-state index in [1.807, 2.05) is 56.3 Å². The molecule has 1 heterocycles. The summed E-state index contributed by atoms with van der Waals surface area (Å²) in [6, 6.07) is 13.3. The van der Waals surface area contributed by atoms with Crippen molar-refractivity contribution in [2.45, 2.75) is 26.3 Å². The predicted octanol–water partition coefficient (Wildman–Crippen LogP) is 3.28. The molecule has 2 aromatic carbocycles. The van der Waals surface area contributed by atoms with E-state index in [4.69, 9.17) is 9.47 Å². The Morgan fingerprint density at radius 1 is 1.15 bits per heavy atom. The van der Waals surface area contributed by atoms with E-state index in [1.165, 1.54) is 0 Å². The van der Waals surface area contributed by atoms with Crippen LogP contribution in [0, 0.1) is 6.92 Å². The Morgan fingerprint density at radius 2 is 1.89 bits per heavy atom. The summed E-state index contributed by atoms with van der Waals surface area (Å²) in [6.07, 6.45) is 0.706. The van der Waals surface area contributed by atoms with E-state index in [9.17, 15) is 4.79 Å². The number of aromatic nitrogens is 2. The minimum atomic E-state index is -0.381. The van der Waals surface area contributed by atoms with Gasteiger partial charge in [0.15, 0.2) is 11.5 Å². The molecule has 0 saturated heterocycles. The number of nitrogens with one attached hydrogen (secondary N) is 1. The maximum atomic E-state index is 12.6. The van der Waals surface area contributed by atoms with E-state index in [2.05, 4.69) is 10.4 Å². The van der Waals surface area contributed by atoms with Gasteiger partial charge in [-0.1, -0.05) is 24.3 Å². The molecule has 6 heteroatoms. The van der Waals surface area contributed by atoms with Gasteiger partial charge in [0.05, 0.1) is 25.4 Å². The Labute approximate surface area is 159 Å². The molecule has 0 spiro atoms. The summed E-state index contributed by atoms with van der Waals surface area (Å²) in [5.74, 6) is 1.33. The van der Waals surface area contributed by atoms with Gasteiger partial charge in [0.1, 0.15) is 6.04 Å². The van der Waals surface area contributed by atoms with Crippen LogP contribution in [0.25, 0.3) is 10.9 Å². The second kappa shape index (κ2) is 8.12. The molecule has 0 aliphatic heterocycles. The summed E-state index contributed by atoms with van der Waals surface area (Å²) >= 11 is 0. The number of aryl methyl sites for hydroxylation is 1. The minimum Gasteiger partial charge on any atom is -0.493 e. The molecule has 0 aliphatic rings. The lowest BCUT2D eigenvalue weighted by Crippen LogP contribution is -2.32. The predicted molar refractivity (Wildman–Crippen MR) is 105 cm³/mol. The lowest BCUT2D eigenvalue weighted by Gasteiger charge is -2.14. The molecule has 1 N–H and O–H groups in total. The van der Waals surface area contributed by atoms with Crippen molar-refractivity contribution in [3.05, 3.63) is 53.7 Å². The molecule has 0 bridgehead atoms. The van der Waals surface area contributed by atoms with Gasteiger partial charge in [-0.3, -0.25) is 9.48 Å². The number of benzene rings is 2. The van der Waals surface area contributed by atoms with E-state index < -0.39 is 0 Å². The summed E-state index contributed by atoms with van der Waals surface area (Å²) in [5.41, 5.74) is 2.97. The van der Waals surface area contributed by atoms with Gasteiger partial charge in [-0.05, 0) is 44.0 Å². The van der Waals surface area contributed by atoms with Crippen molar-refractivity contribution >= 4 is 16.8 Å². The second-order valence-electron chi connectivity index (χ2n) is 6.45. The third-order valence-electron chi connectivity index (χ3n) is 4.71. The molecule has 0 aliphatic carbocycles. The zero-order valence-electron chi connectivity index (χ0n) is 16.2. The highest BCUT2D eigenvalue weighted by Gasteiger charge is 2.18. The number of para-hydroxylation sites is 1. The van der Waals surface area contributed by atoms with E-state index >= 15 is 0 Å². The first-order valence-corrected chi connectivity index (χ1v) is 8.97. The third-order valence-corrected chi connectivity index (χ3v) is 4.71. The molecule has 142 valence electrons. The van der Waals surface area contributed by atoms with Gasteiger partial charge in [-0.25, -0.2) is 0 Å². The van der Waals surface area contributed by atoms with Crippen LogP contribution in [0.15, 0.2) is 42.5 Å². The first-order valence-electron chi connectivity index (χ1n) is 8.97. The van der Waals surface area contributed by atoms with Crippen molar-refractivity contribution in [1.82, 2.24) is 15.1 Å². The van der Waals surface area contributed by atoms with Crippen LogP contribution in [-0.2, 0) is 11.2 Å². The topological polar surface area (TPSA) is 65.4 Å². The summed E-state index contributed by atoms with van der Waals surface area (Å²) in [7, 11) is 3.22. The molecule has 3 aromatic rings. The molecule has 0 saturated carbocycles.